The van der Waals surface area contributed by atoms with E-state index in [1.165, 1.54) is 0 Å². The van der Waals surface area contributed by atoms with E-state index in [0.717, 1.165) is 21.7 Å². The topological polar surface area (TPSA) is 52.9 Å². The van der Waals surface area contributed by atoms with Crippen LogP contribution in [-0.2, 0) is 17.6 Å². The fraction of sp³-hybridized carbons (Fsp3) is 0.125. The molecule has 0 saturated heterocycles. The second-order valence-electron chi connectivity index (χ2n) is 4.42. The van der Waals surface area contributed by atoms with Crippen molar-refractivity contribution in [3.63, 3.8) is 0 Å². The number of hydrogen-bond acceptors (Lipinski definition) is 3. The van der Waals surface area contributed by atoms with Gasteiger partial charge in [-0.25, -0.2) is 0 Å². The molecule has 1 amide bonds. The lowest BCUT2D eigenvalue weighted by molar-refractivity contribution is -0.115. The number of benzene rings is 2. The van der Waals surface area contributed by atoms with E-state index in [1.807, 2.05) is 36.4 Å². The van der Waals surface area contributed by atoms with E-state index in [9.17, 15) is 4.79 Å². The van der Waals surface area contributed by atoms with Gasteiger partial charge in [-0.3, -0.25) is 4.79 Å². The number of nitrogens with zero attached hydrogens (tertiary/aromatic N) is 1. The van der Waals surface area contributed by atoms with Crippen molar-refractivity contribution in [3.05, 3.63) is 59.7 Å². The third kappa shape index (κ3) is 4.15. The maximum absolute atomic E-state index is 11.9. The van der Waals surface area contributed by atoms with Crippen LogP contribution in [0.3, 0.4) is 0 Å². The van der Waals surface area contributed by atoms with E-state index in [1.54, 1.807) is 12.1 Å². The summed E-state index contributed by atoms with van der Waals surface area (Å²) in [7, 11) is 0. The zero-order valence-electron chi connectivity index (χ0n) is 10.8. The van der Waals surface area contributed by atoms with Crippen LogP contribution < -0.4 is 5.32 Å². The zero-order chi connectivity index (χ0) is 14.4. The van der Waals surface area contributed by atoms with Crippen molar-refractivity contribution in [1.29, 1.82) is 5.26 Å². The SMILES string of the molecule is N#CCc1ccc(NC(=O)Cc2ccc(S)cc2)cc1. The molecule has 0 fully saturated rings. The van der Waals surface area contributed by atoms with Crippen LogP contribution in [0.2, 0.25) is 0 Å². The predicted octanol–water partition coefficient (Wildman–Crippen LogP) is 3.22. The van der Waals surface area contributed by atoms with Gasteiger partial charge in [-0.1, -0.05) is 24.3 Å². The Morgan fingerprint density at radius 2 is 1.65 bits per heavy atom. The third-order valence-corrected chi connectivity index (χ3v) is 3.12. The van der Waals surface area contributed by atoms with E-state index in [0.29, 0.717) is 12.8 Å². The van der Waals surface area contributed by atoms with Gasteiger partial charge >= 0.3 is 0 Å². The lowest BCUT2D eigenvalue weighted by Crippen LogP contribution is -2.14. The average molecular weight is 282 g/mol. The molecule has 0 heterocycles. The second kappa shape index (κ2) is 6.78. The summed E-state index contributed by atoms with van der Waals surface area (Å²) in [5, 5.41) is 11.4. The van der Waals surface area contributed by atoms with Gasteiger partial charge in [0.25, 0.3) is 0 Å². The van der Waals surface area contributed by atoms with Gasteiger partial charge < -0.3 is 5.32 Å². The highest BCUT2D eigenvalue weighted by molar-refractivity contribution is 7.80. The Balaban J connectivity index is 1.94. The van der Waals surface area contributed by atoms with Crippen LogP contribution in [0.4, 0.5) is 5.69 Å². The molecule has 0 bridgehead atoms. The molecule has 3 nitrogen and oxygen atoms in total. The lowest BCUT2D eigenvalue weighted by atomic mass is 10.1. The molecule has 0 saturated carbocycles. The van der Waals surface area contributed by atoms with Crippen LogP contribution in [0.1, 0.15) is 11.1 Å². The number of amides is 1. The number of rotatable bonds is 4. The molecule has 2 aromatic rings. The smallest absolute Gasteiger partial charge is 0.228 e. The van der Waals surface area contributed by atoms with E-state index < -0.39 is 0 Å². The Kier molecular flexibility index (Phi) is 4.80. The van der Waals surface area contributed by atoms with Crippen molar-refractivity contribution in [2.45, 2.75) is 17.7 Å². The fourth-order valence-corrected chi connectivity index (χ4v) is 1.95. The Morgan fingerprint density at radius 3 is 2.25 bits per heavy atom. The Bertz CT molecular complexity index is 627. The summed E-state index contributed by atoms with van der Waals surface area (Å²) in [5.74, 6) is -0.0649. The first-order valence-electron chi connectivity index (χ1n) is 6.21. The molecular formula is C16H14N2OS. The minimum atomic E-state index is -0.0649. The van der Waals surface area contributed by atoms with Crippen molar-refractivity contribution in [2.24, 2.45) is 0 Å². The highest BCUT2D eigenvalue weighted by atomic mass is 32.1. The molecule has 20 heavy (non-hydrogen) atoms. The van der Waals surface area contributed by atoms with Crippen LogP contribution in [0.25, 0.3) is 0 Å². The van der Waals surface area contributed by atoms with Crippen molar-refractivity contribution in [1.82, 2.24) is 0 Å². The molecule has 2 rings (SSSR count). The maximum atomic E-state index is 11.9. The van der Waals surface area contributed by atoms with Crippen LogP contribution in [-0.4, -0.2) is 5.91 Å². The number of hydrogen-bond donors (Lipinski definition) is 2. The van der Waals surface area contributed by atoms with E-state index in [-0.39, 0.29) is 5.91 Å². The normalized spacial score (nSPS) is 9.80. The Hall–Kier alpha value is -2.25. The minimum absolute atomic E-state index is 0.0649. The van der Waals surface area contributed by atoms with Gasteiger partial charge in [-0.05, 0) is 35.4 Å². The highest BCUT2D eigenvalue weighted by Gasteiger charge is 2.04. The predicted molar refractivity (Wildman–Crippen MR) is 81.8 cm³/mol. The fourth-order valence-electron chi connectivity index (χ4n) is 1.80. The van der Waals surface area contributed by atoms with E-state index >= 15 is 0 Å². The van der Waals surface area contributed by atoms with Gasteiger partial charge in [0.2, 0.25) is 5.91 Å². The number of nitriles is 1. The van der Waals surface area contributed by atoms with Crippen LogP contribution in [0.15, 0.2) is 53.4 Å². The molecule has 0 atom stereocenters. The van der Waals surface area contributed by atoms with Gasteiger partial charge in [0.15, 0.2) is 0 Å². The number of carbonyl (C=O) groups is 1. The first kappa shape index (κ1) is 14.2. The molecule has 2 aromatic carbocycles. The second-order valence-corrected chi connectivity index (χ2v) is 4.94. The average Bonchev–Trinajstić information content (AvgIpc) is 2.44. The van der Waals surface area contributed by atoms with Crippen molar-refractivity contribution >= 4 is 24.2 Å². The molecule has 0 aliphatic rings. The number of thiol groups is 1. The molecule has 0 radical (unpaired) electrons. The van der Waals surface area contributed by atoms with E-state index in [2.05, 4.69) is 24.0 Å². The number of anilines is 1. The van der Waals surface area contributed by atoms with Gasteiger partial charge in [0.05, 0.1) is 18.9 Å². The summed E-state index contributed by atoms with van der Waals surface area (Å²) in [6.07, 6.45) is 0.707. The van der Waals surface area contributed by atoms with Gasteiger partial charge in [-0.2, -0.15) is 5.26 Å². The first-order chi connectivity index (χ1) is 9.67. The highest BCUT2D eigenvalue weighted by Crippen LogP contribution is 2.12. The Morgan fingerprint density at radius 1 is 1.05 bits per heavy atom. The largest absolute Gasteiger partial charge is 0.326 e. The lowest BCUT2D eigenvalue weighted by Gasteiger charge is -2.06. The van der Waals surface area contributed by atoms with Crippen LogP contribution >= 0.6 is 12.6 Å². The van der Waals surface area contributed by atoms with Crippen LogP contribution in [0.5, 0.6) is 0 Å². The summed E-state index contributed by atoms with van der Waals surface area (Å²) in [5.41, 5.74) is 2.62. The van der Waals surface area contributed by atoms with Gasteiger partial charge in [-0.15, -0.1) is 12.6 Å². The third-order valence-electron chi connectivity index (χ3n) is 2.82. The minimum Gasteiger partial charge on any atom is -0.326 e. The maximum Gasteiger partial charge on any atom is 0.228 e. The monoisotopic (exact) mass is 282 g/mol. The summed E-state index contributed by atoms with van der Waals surface area (Å²) in [4.78, 5) is 12.8. The molecule has 100 valence electrons. The molecule has 0 unspecified atom stereocenters. The standard InChI is InChI=1S/C16H14N2OS/c17-10-9-12-1-5-14(6-2-12)18-16(19)11-13-3-7-15(20)8-4-13/h1-8,20H,9,11H2,(H,18,19). The van der Waals surface area contributed by atoms with Gasteiger partial charge in [0.1, 0.15) is 0 Å². The first-order valence-corrected chi connectivity index (χ1v) is 6.66. The van der Waals surface area contributed by atoms with E-state index in [4.69, 9.17) is 5.26 Å². The van der Waals surface area contributed by atoms with Crippen molar-refractivity contribution in [2.75, 3.05) is 5.32 Å². The Labute approximate surface area is 123 Å². The quantitative estimate of drug-likeness (QED) is 0.846. The zero-order valence-corrected chi connectivity index (χ0v) is 11.7. The summed E-state index contributed by atoms with van der Waals surface area (Å²) < 4.78 is 0. The van der Waals surface area contributed by atoms with Crippen molar-refractivity contribution in [3.8, 4) is 6.07 Å². The van der Waals surface area contributed by atoms with Crippen LogP contribution in [0, 0.1) is 11.3 Å². The molecule has 0 aliphatic carbocycles. The summed E-state index contributed by atoms with van der Waals surface area (Å²) in [6, 6.07) is 16.9. The number of nitrogens with one attached hydrogen (secondary N) is 1. The molecular weight excluding hydrogens is 268 g/mol. The summed E-state index contributed by atoms with van der Waals surface area (Å²) >= 11 is 4.21. The molecule has 0 aliphatic heterocycles. The molecule has 4 heteroatoms. The molecule has 0 aromatic heterocycles. The van der Waals surface area contributed by atoms with Gasteiger partial charge in [0, 0.05) is 10.6 Å². The molecule has 1 N–H and O–H groups in total. The summed E-state index contributed by atoms with van der Waals surface area (Å²) in [6.45, 7) is 0. The number of carbonyl (C=O) groups excluding carboxylic acids is 1. The van der Waals surface area contributed by atoms with Crippen molar-refractivity contribution < 1.29 is 4.79 Å². The molecule has 0 spiro atoms.